The van der Waals surface area contributed by atoms with Crippen molar-refractivity contribution >= 4 is 5.97 Å². The Bertz CT molecular complexity index is 441. The minimum atomic E-state index is -2.78. The van der Waals surface area contributed by atoms with Crippen molar-refractivity contribution in [2.45, 2.75) is 12.8 Å². The highest BCUT2D eigenvalue weighted by atomic mass is 19.3. The van der Waals surface area contributed by atoms with Crippen LogP contribution in [0.1, 0.15) is 23.1 Å². The monoisotopic (exact) mass is 226 g/mol. The molecule has 84 valence electrons. The van der Waals surface area contributed by atoms with Crippen LogP contribution in [0.2, 0.25) is 0 Å². The first-order chi connectivity index (χ1) is 7.60. The lowest BCUT2D eigenvalue weighted by atomic mass is 10.0. The van der Waals surface area contributed by atoms with Crippen LogP contribution in [0.15, 0.2) is 12.4 Å². The van der Waals surface area contributed by atoms with Crippen LogP contribution >= 0.6 is 0 Å². The van der Waals surface area contributed by atoms with Crippen molar-refractivity contribution < 1.29 is 18.3 Å². The third kappa shape index (κ3) is 2.51. The molecular weight excluding hydrogens is 218 g/mol. The van der Waals surface area contributed by atoms with E-state index >= 15 is 0 Å². The Morgan fingerprint density at radius 3 is 2.81 bits per heavy atom. The van der Waals surface area contributed by atoms with Gasteiger partial charge >= 0.3 is 5.97 Å². The number of halogens is 2. The van der Waals surface area contributed by atoms with Crippen LogP contribution < -0.4 is 0 Å². The Morgan fingerprint density at radius 1 is 1.62 bits per heavy atom. The zero-order valence-corrected chi connectivity index (χ0v) is 8.41. The third-order valence-corrected chi connectivity index (χ3v) is 2.00. The van der Waals surface area contributed by atoms with Crippen molar-refractivity contribution in [2.24, 2.45) is 0 Å². The summed E-state index contributed by atoms with van der Waals surface area (Å²) in [6, 6.07) is 1.72. The van der Waals surface area contributed by atoms with Gasteiger partial charge in [0.15, 0.2) is 0 Å². The van der Waals surface area contributed by atoms with Gasteiger partial charge in [-0.15, -0.1) is 0 Å². The molecule has 1 rings (SSSR count). The number of pyridine rings is 1. The molecule has 0 amide bonds. The summed E-state index contributed by atoms with van der Waals surface area (Å²) in [6.07, 6.45) is -1.05. The summed E-state index contributed by atoms with van der Waals surface area (Å²) in [5.41, 5.74) is -0.480. The largest absolute Gasteiger partial charge is 0.469 e. The number of methoxy groups -OCH3 is 1. The van der Waals surface area contributed by atoms with Gasteiger partial charge in [-0.05, 0) is 5.56 Å². The molecule has 0 aromatic carbocycles. The molecule has 0 aliphatic carbocycles. The topological polar surface area (TPSA) is 63.0 Å². The summed E-state index contributed by atoms with van der Waals surface area (Å²) in [5.74, 6) is -0.676. The van der Waals surface area contributed by atoms with Gasteiger partial charge in [0.05, 0.1) is 19.1 Å². The number of nitriles is 1. The molecule has 0 N–H and O–H groups in total. The van der Waals surface area contributed by atoms with Crippen LogP contribution in [0, 0.1) is 11.3 Å². The van der Waals surface area contributed by atoms with Gasteiger partial charge < -0.3 is 4.74 Å². The van der Waals surface area contributed by atoms with Crippen molar-refractivity contribution in [2.75, 3.05) is 7.11 Å². The van der Waals surface area contributed by atoms with Crippen LogP contribution in [-0.4, -0.2) is 18.1 Å². The van der Waals surface area contributed by atoms with Crippen molar-refractivity contribution in [1.82, 2.24) is 4.98 Å². The molecule has 1 aromatic rings. The summed E-state index contributed by atoms with van der Waals surface area (Å²) >= 11 is 0. The Labute approximate surface area is 90.5 Å². The minimum Gasteiger partial charge on any atom is -0.469 e. The number of ether oxygens (including phenoxy) is 1. The predicted molar refractivity (Wildman–Crippen MR) is 49.6 cm³/mol. The fraction of sp³-hybridized carbons (Fsp3) is 0.300. The van der Waals surface area contributed by atoms with E-state index in [1.807, 2.05) is 0 Å². The number of esters is 1. The molecule has 0 fully saturated rings. The zero-order valence-electron chi connectivity index (χ0n) is 8.41. The molecule has 6 heteroatoms. The van der Waals surface area contributed by atoms with Gasteiger partial charge in [-0.1, -0.05) is 0 Å². The normalized spacial score (nSPS) is 9.94. The van der Waals surface area contributed by atoms with Gasteiger partial charge in [0.25, 0.3) is 6.43 Å². The van der Waals surface area contributed by atoms with Gasteiger partial charge in [0.2, 0.25) is 0 Å². The van der Waals surface area contributed by atoms with Crippen LogP contribution in [0.25, 0.3) is 0 Å². The first kappa shape index (κ1) is 12.0. The average molecular weight is 226 g/mol. The molecule has 0 spiro atoms. The first-order valence-electron chi connectivity index (χ1n) is 4.32. The number of hydrogen-bond donors (Lipinski definition) is 0. The Morgan fingerprint density at radius 2 is 2.31 bits per heavy atom. The van der Waals surface area contributed by atoms with Gasteiger partial charge in [-0.3, -0.25) is 9.78 Å². The van der Waals surface area contributed by atoms with E-state index in [0.29, 0.717) is 0 Å². The molecule has 0 saturated carbocycles. The second kappa shape index (κ2) is 5.16. The Kier molecular flexibility index (Phi) is 3.89. The molecule has 4 nitrogen and oxygen atoms in total. The van der Waals surface area contributed by atoms with Crippen molar-refractivity contribution in [3.63, 3.8) is 0 Å². The molecule has 0 radical (unpaired) electrons. The Balaban J connectivity index is 3.21. The summed E-state index contributed by atoms with van der Waals surface area (Å²) in [7, 11) is 1.15. The van der Waals surface area contributed by atoms with Gasteiger partial charge in [0.1, 0.15) is 6.07 Å². The lowest BCUT2D eigenvalue weighted by molar-refractivity contribution is -0.139. The van der Waals surface area contributed by atoms with E-state index in [2.05, 4.69) is 9.72 Å². The SMILES string of the molecule is COC(=O)Cc1c(C#N)cncc1C(F)F. The molecule has 16 heavy (non-hydrogen) atoms. The molecule has 1 aromatic heterocycles. The molecule has 0 aliphatic heterocycles. The average Bonchev–Trinajstić information content (AvgIpc) is 2.28. The fourth-order valence-corrected chi connectivity index (χ4v) is 1.20. The predicted octanol–water partition coefficient (Wildman–Crippen LogP) is 1.61. The first-order valence-corrected chi connectivity index (χ1v) is 4.32. The number of nitrogens with zero attached hydrogens (tertiary/aromatic N) is 2. The number of hydrogen-bond acceptors (Lipinski definition) is 4. The molecular formula is C10H8F2N2O2. The second-order valence-electron chi connectivity index (χ2n) is 2.92. The molecule has 0 atom stereocenters. The highest BCUT2D eigenvalue weighted by molar-refractivity contribution is 5.74. The van der Waals surface area contributed by atoms with Crippen LogP contribution in [0.4, 0.5) is 8.78 Å². The number of carbonyl (C=O) groups excluding carboxylic acids is 1. The van der Waals surface area contributed by atoms with Crippen LogP contribution in [0.5, 0.6) is 0 Å². The van der Waals surface area contributed by atoms with E-state index in [4.69, 9.17) is 5.26 Å². The number of aromatic nitrogens is 1. The maximum Gasteiger partial charge on any atom is 0.310 e. The van der Waals surface area contributed by atoms with E-state index < -0.39 is 18.0 Å². The van der Waals surface area contributed by atoms with E-state index in [1.54, 1.807) is 6.07 Å². The summed E-state index contributed by atoms with van der Waals surface area (Å²) < 4.78 is 29.6. The molecule has 0 bridgehead atoms. The molecule has 0 unspecified atom stereocenters. The number of carbonyl (C=O) groups is 1. The summed E-state index contributed by atoms with van der Waals surface area (Å²) in [6.45, 7) is 0. The van der Waals surface area contributed by atoms with Crippen LogP contribution in [0.3, 0.4) is 0 Å². The van der Waals surface area contributed by atoms with E-state index in [9.17, 15) is 13.6 Å². The van der Waals surface area contributed by atoms with Crippen molar-refractivity contribution in [3.8, 4) is 6.07 Å². The highest BCUT2D eigenvalue weighted by Crippen LogP contribution is 2.24. The quantitative estimate of drug-likeness (QED) is 0.734. The standard InChI is InChI=1S/C10H8F2N2O2/c1-16-9(15)2-7-6(3-13)4-14-5-8(7)10(11)12/h4-5,10H,2H2,1H3. The van der Waals surface area contributed by atoms with Gasteiger partial charge in [0, 0.05) is 18.0 Å². The summed E-state index contributed by atoms with van der Waals surface area (Å²) in [5, 5.41) is 8.72. The second-order valence-corrected chi connectivity index (χ2v) is 2.92. The minimum absolute atomic E-state index is 0.0284. The maximum absolute atomic E-state index is 12.6. The van der Waals surface area contributed by atoms with E-state index in [-0.39, 0.29) is 17.5 Å². The zero-order chi connectivity index (χ0) is 12.1. The molecule has 1 heterocycles. The lowest BCUT2D eigenvalue weighted by Gasteiger charge is -2.08. The third-order valence-electron chi connectivity index (χ3n) is 2.00. The fourth-order valence-electron chi connectivity index (χ4n) is 1.20. The Hall–Kier alpha value is -2.03. The van der Waals surface area contributed by atoms with Crippen LogP contribution in [-0.2, 0) is 16.0 Å². The van der Waals surface area contributed by atoms with E-state index in [1.165, 1.54) is 0 Å². The van der Waals surface area contributed by atoms with Gasteiger partial charge in [-0.25, -0.2) is 8.78 Å². The molecule has 0 saturated heterocycles. The smallest absolute Gasteiger partial charge is 0.310 e. The van der Waals surface area contributed by atoms with Crippen molar-refractivity contribution in [3.05, 3.63) is 29.1 Å². The lowest BCUT2D eigenvalue weighted by Crippen LogP contribution is -2.09. The molecule has 0 aliphatic rings. The summed E-state index contributed by atoms with van der Waals surface area (Å²) in [4.78, 5) is 14.5. The van der Waals surface area contributed by atoms with Crippen molar-refractivity contribution in [1.29, 1.82) is 5.26 Å². The van der Waals surface area contributed by atoms with Gasteiger partial charge in [-0.2, -0.15) is 5.26 Å². The maximum atomic E-state index is 12.6. The highest BCUT2D eigenvalue weighted by Gasteiger charge is 2.19. The number of rotatable bonds is 3. The van der Waals surface area contributed by atoms with E-state index in [0.717, 1.165) is 19.5 Å². The number of alkyl halides is 2.